The minimum Gasteiger partial charge on any atom is -0.370 e. The molecule has 0 saturated carbocycles. The Balaban J connectivity index is 1.75. The van der Waals surface area contributed by atoms with E-state index in [-0.39, 0.29) is 23.9 Å². The van der Waals surface area contributed by atoms with Gasteiger partial charge in [-0.2, -0.15) is 5.10 Å². The molecule has 8 nitrogen and oxygen atoms in total. The maximum Gasteiger partial charge on any atom is 0.219 e. The van der Waals surface area contributed by atoms with Crippen LogP contribution < -0.4 is 4.72 Å². The highest BCUT2D eigenvalue weighted by Crippen LogP contribution is 2.31. The molecule has 132 valence electrons. The third-order valence-corrected chi connectivity index (χ3v) is 5.24. The fraction of sp³-hybridized carbons (Fsp3) is 0.600. The third kappa shape index (κ3) is 3.68. The van der Waals surface area contributed by atoms with Crippen LogP contribution >= 0.6 is 0 Å². The quantitative estimate of drug-likeness (QED) is 0.848. The van der Waals surface area contributed by atoms with E-state index in [1.165, 1.54) is 0 Å². The summed E-state index contributed by atoms with van der Waals surface area (Å²) >= 11 is 0. The Kier molecular flexibility index (Phi) is 4.75. The Bertz CT molecular complexity index is 796. The maximum atomic E-state index is 12.4. The lowest BCUT2D eigenvalue weighted by Gasteiger charge is -2.22. The molecule has 0 aromatic carbocycles. The summed E-state index contributed by atoms with van der Waals surface area (Å²) in [6.45, 7) is 6.30. The molecule has 3 heterocycles. The summed E-state index contributed by atoms with van der Waals surface area (Å²) in [5.74, 6) is 0.0863. The lowest BCUT2D eigenvalue weighted by Crippen LogP contribution is -2.38. The molecule has 1 saturated heterocycles. The van der Waals surface area contributed by atoms with Crippen molar-refractivity contribution in [2.24, 2.45) is 0 Å². The summed E-state index contributed by atoms with van der Waals surface area (Å²) in [6, 6.07) is 3.34. The van der Waals surface area contributed by atoms with E-state index in [1.807, 2.05) is 24.6 Å². The number of hydrogen-bond acceptors (Lipinski definition) is 6. The van der Waals surface area contributed by atoms with Crippen molar-refractivity contribution in [2.75, 3.05) is 6.61 Å². The van der Waals surface area contributed by atoms with Gasteiger partial charge in [0.2, 0.25) is 10.0 Å². The lowest BCUT2D eigenvalue weighted by atomic mass is 10.1. The van der Waals surface area contributed by atoms with Gasteiger partial charge in [-0.3, -0.25) is 4.68 Å². The van der Waals surface area contributed by atoms with Gasteiger partial charge in [0.1, 0.15) is 11.9 Å². The van der Waals surface area contributed by atoms with Gasteiger partial charge in [0.25, 0.3) is 0 Å². The summed E-state index contributed by atoms with van der Waals surface area (Å²) < 4.78 is 40.2. The number of rotatable bonds is 6. The molecule has 0 amide bonds. The van der Waals surface area contributed by atoms with Gasteiger partial charge < -0.3 is 9.26 Å². The standard InChI is InChI=1S/C15H22N4O4S/c1-10(2)19-14(4-6-16-19)15-13(5-7-22-15)18-24(20,21)9-12-8-11(3)17-23-12/h4,6,8,10,13,15,18H,5,7,9H2,1-3H3/t13-,15-/m0/s1. The molecule has 24 heavy (non-hydrogen) atoms. The van der Waals surface area contributed by atoms with Crippen LogP contribution in [0.15, 0.2) is 22.9 Å². The lowest BCUT2D eigenvalue weighted by molar-refractivity contribution is 0.0938. The van der Waals surface area contributed by atoms with Crippen LogP contribution in [0.25, 0.3) is 0 Å². The first-order chi connectivity index (χ1) is 11.4. The van der Waals surface area contributed by atoms with E-state index in [4.69, 9.17) is 9.26 Å². The Morgan fingerprint density at radius 1 is 1.46 bits per heavy atom. The topological polar surface area (TPSA) is 99.2 Å². The van der Waals surface area contributed by atoms with Gasteiger partial charge in [-0.1, -0.05) is 5.16 Å². The van der Waals surface area contributed by atoms with Gasteiger partial charge >= 0.3 is 0 Å². The first-order valence-corrected chi connectivity index (χ1v) is 9.58. The van der Waals surface area contributed by atoms with Crippen molar-refractivity contribution < 1.29 is 17.7 Å². The zero-order valence-corrected chi connectivity index (χ0v) is 14.8. The van der Waals surface area contributed by atoms with Crippen molar-refractivity contribution in [1.29, 1.82) is 0 Å². The summed E-state index contributed by atoms with van der Waals surface area (Å²) in [5, 5.41) is 8.01. The molecule has 9 heteroatoms. The second-order valence-corrected chi connectivity index (χ2v) is 8.05. The summed E-state index contributed by atoms with van der Waals surface area (Å²) in [4.78, 5) is 0. The smallest absolute Gasteiger partial charge is 0.219 e. The number of aromatic nitrogens is 3. The molecule has 0 radical (unpaired) electrons. The van der Waals surface area contributed by atoms with Crippen molar-refractivity contribution in [1.82, 2.24) is 19.7 Å². The number of hydrogen-bond donors (Lipinski definition) is 1. The van der Waals surface area contributed by atoms with Crippen LogP contribution in [0.5, 0.6) is 0 Å². The summed E-state index contributed by atoms with van der Waals surface area (Å²) in [6.07, 6.45) is 1.98. The first kappa shape index (κ1) is 17.1. The number of aryl methyl sites for hydroxylation is 1. The molecule has 0 bridgehead atoms. The fourth-order valence-electron chi connectivity index (χ4n) is 2.93. The highest BCUT2D eigenvalue weighted by molar-refractivity contribution is 7.88. The highest BCUT2D eigenvalue weighted by Gasteiger charge is 2.35. The molecule has 1 N–H and O–H groups in total. The molecule has 1 fully saturated rings. The molecule has 3 rings (SSSR count). The maximum absolute atomic E-state index is 12.4. The molecule has 0 aliphatic carbocycles. The van der Waals surface area contributed by atoms with Gasteiger partial charge in [-0.15, -0.1) is 0 Å². The Labute approximate surface area is 141 Å². The fourth-order valence-corrected chi connectivity index (χ4v) is 4.22. The van der Waals surface area contributed by atoms with Crippen molar-refractivity contribution >= 4 is 10.0 Å². The average Bonchev–Trinajstić information content (AvgIpc) is 3.18. The second kappa shape index (κ2) is 6.66. The van der Waals surface area contributed by atoms with Crippen LogP contribution in [0.4, 0.5) is 0 Å². The monoisotopic (exact) mass is 354 g/mol. The molecule has 2 aromatic heterocycles. The summed E-state index contributed by atoms with van der Waals surface area (Å²) in [5.41, 5.74) is 1.54. The van der Waals surface area contributed by atoms with E-state index in [0.717, 1.165) is 5.69 Å². The van der Waals surface area contributed by atoms with Crippen molar-refractivity contribution in [3.63, 3.8) is 0 Å². The molecule has 2 aromatic rings. The first-order valence-electron chi connectivity index (χ1n) is 7.93. The van der Waals surface area contributed by atoms with Crippen LogP contribution in [0, 0.1) is 6.92 Å². The van der Waals surface area contributed by atoms with Crippen molar-refractivity contribution in [3.05, 3.63) is 35.5 Å². The van der Waals surface area contributed by atoms with Crippen LogP contribution in [-0.2, 0) is 20.5 Å². The number of sulfonamides is 1. The molecule has 2 atom stereocenters. The van der Waals surface area contributed by atoms with Crippen LogP contribution in [0.2, 0.25) is 0 Å². The number of nitrogens with one attached hydrogen (secondary N) is 1. The van der Waals surface area contributed by atoms with Gasteiger partial charge in [-0.25, -0.2) is 13.1 Å². The van der Waals surface area contributed by atoms with Gasteiger partial charge in [-0.05, 0) is 33.3 Å². The van der Waals surface area contributed by atoms with Gasteiger partial charge in [0.05, 0.1) is 17.4 Å². The zero-order chi connectivity index (χ0) is 17.3. The third-order valence-electron chi connectivity index (χ3n) is 3.91. The molecular weight excluding hydrogens is 332 g/mol. The predicted octanol–water partition coefficient (Wildman–Crippen LogP) is 1.71. The zero-order valence-electron chi connectivity index (χ0n) is 14.0. The molecule has 1 aliphatic heterocycles. The van der Waals surface area contributed by atoms with E-state index < -0.39 is 10.0 Å². The molecule has 1 aliphatic rings. The van der Waals surface area contributed by atoms with Gasteiger partial charge in [0, 0.05) is 24.9 Å². The van der Waals surface area contributed by atoms with E-state index in [1.54, 1.807) is 19.2 Å². The highest BCUT2D eigenvalue weighted by atomic mass is 32.2. The average molecular weight is 354 g/mol. The van der Waals surface area contributed by atoms with Crippen molar-refractivity contribution in [2.45, 2.75) is 51.1 Å². The molecule has 0 spiro atoms. The Hall–Kier alpha value is -1.71. The molecule has 0 unspecified atom stereocenters. The van der Waals surface area contributed by atoms with E-state index in [0.29, 0.717) is 24.5 Å². The largest absolute Gasteiger partial charge is 0.370 e. The van der Waals surface area contributed by atoms with Crippen molar-refractivity contribution in [3.8, 4) is 0 Å². The van der Waals surface area contributed by atoms with Crippen LogP contribution in [0.1, 0.15) is 49.6 Å². The SMILES string of the molecule is Cc1cc(CS(=O)(=O)N[C@H]2CCO[C@@H]2c2ccnn2C(C)C)on1. The normalized spacial score (nSPS) is 21.7. The van der Waals surface area contributed by atoms with E-state index >= 15 is 0 Å². The van der Waals surface area contributed by atoms with Crippen LogP contribution in [0.3, 0.4) is 0 Å². The number of nitrogens with zero attached hydrogens (tertiary/aromatic N) is 3. The Morgan fingerprint density at radius 2 is 2.25 bits per heavy atom. The minimum atomic E-state index is -3.56. The Morgan fingerprint density at radius 3 is 2.92 bits per heavy atom. The van der Waals surface area contributed by atoms with Gasteiger partial charge in [0.15, 0.2) is 5.76 Å². The second-order valence-electron chi connectivity index (χ2n) is 6.29. The minimum absolute atomic E-state index is 0.175. The number of ether oxygens (including phenoxy) is 1. The van der Waals surface area contributed by atoms with Crippen LogP contribution in [-0.4, -0.2) is 36.0 Å². The van der Waals surface area contributed by atoms with E-state index in [2.05, 4.69) is 15.0 Å². The predicted molar refractivity (Wildman–Crippen MR) is 86.7 cm³/mol. The molecular formula is C15H22N4O4S. The summed E-state index contributed by atoms with van der Waals surface area (Å²) in [7, 11) is -3.56. The van der Waals surface area contributed by atoms with E-state index in [9.17, 15) is 8.42 Å².